The fourth-order valence-electron chi connectivity index (χ4n) is 2.25. The molecule has 2 aliphatic rings. The lowest BCUT2D eigenvalue weighted by Gasteiger charge is -2.43. The summed E-state index contributed by atoms with van der Waals surface area (Å²) in [4.78, 5) is 0. The molecule has 2 heterocycles. The van der Waals surface area contributed by atoms with Crippen molar-refractivity contribution < 1.29 is 50.0 Å². The van der Waals surface area contributed by atoms with Gasteiger partial charge < -0.3 is 50.0 Å². The van der Waals surface area contributed by atoms with E-state index in [0.717, 1.165) is 0 Å². The van der Waals surface area contributed by atoms with Gasteiger partial charge in [-0.05, 0) is 0 Å². The summed E-state index contributed by atoms with van der Waals surface area (Å²) < 4.78 is 15.1. The molecule has 10 nitrogen and oxygen atoms in total. The van der Waals surface area contributed by atoms with Gasteiger partial charge in [0.2, 0.25) is 0 Å². The molecule has 124 valence electrons. The second-order valence-electron chi connectivity index (χ2n) is 5.08. The zero-order chi connectivity index (χ0) is 15.7. The Bertz CT molecular complexity index is 339. The lowest BCUT2D eigenvalue weighted by atomic mass is 9.99. The Kier molecular flexibility index (Phi) is 5.48. The van der Waals surface area contributed by atoms with E-state index in [2.05, 4.69) is 0 Å². The number of aliphatic hydroxyl groups is 7. The van der Waals surface area contributed by atoms with Crippen molar-refractivity contribution in [2.24, 2.45) is 0 Å². The van der Waals surface area contributed by atoms with Gasteiger partial charge in [0.25, 0.3) is 0 Å². The third kappa shape index (κ3) is 3.35. The van der Waals surface area contributed by atoms with Crippen molar-refractivity contribution in [3.8, 4) is 0 Å². The Balaban J connectivity index is 2.01. The van der Waals surface area contributed by atoms with Gasteiger partial charge in [0.15, 0.2) is 12.6 Å². The zero-order valence-corrected chi connectivity index (χ0v) is 11.0. The van der Waals surface area contributed by atoms with Crippen LogP contribution in [0.15, 0.2) is 0 Å². The van der Waals surface area contributed by atoms with Crippen molar-refractivity contribution in [3.05, 3.63) is 0 Å². The van der Waals surface area contributed by atoms with E-state index < -0.39 is 61.9 Å². The average molecular weight is 312 g/mol. The first kappa shape index (κ1) is 17.0. The molecule has 2 rings (SSSR count). The minimum atomic E-state index is -1.63. The molecule has 0 amide bonds. The lowest BCUT2D eigenvalue weighted by molar-refractivity contribution is -0.340. The molecule has 9 atom stereocenters. The molecule has 0 aromatic rings. The first-order valence-electron chi connectivity index (χ1n) is 6.48. The van der Waals surface area contributed by atoms with Crippen LogP contribution in [0.25, 0.3) is 0 Å². The lowest BCUT2D eigenvalue weighted by Crippen LogP contribution is -2.62. The van der Waals surface area contributed by atoms with Crippen molar-refractivity contribution in [1.29, 1.82) is 0 Å². The molecule has 0 spiro atoms. The van der Waals surface area contributed by atoms with Gasteiger partial charge in [-0.2, -0.15) is 0 Å². The van der Waals surface area contributed by atoms with Crippen LogP contribution in [0.4, 0.5) is 0 Å². The summed E-state index contributed by atoms with van der Waals surface area (Å²) in [6.45, 7) is -0.899. The van der Waals surface area contributed by atoms with Crippen LogP contribution in [0.3, 0.4) is 0 Å². The van der Waals surface area contributed by atoms with Crippen LogP contribution in [0, 0.1) is 0 Å². The number of rotatable bonds is 3. The van der Waals surface area contributed by atoms with Gasteiger partial charge in [-0.25, -0.2) is 0 Å². The van der Waals surface area contributed by atoms with Crippen molar-refractivity contribution in [2.75, 3.05) is 13.2 Å². The smallest absolute Gasteiger partial charge is 0.187 e. The predicted octanol–water partition coefficient (Wildman–Crippen LogP) is -4.76. The largest absolute Gasteiger partial charge is 0.394 e. The highest BCUT2D eigenvalue weighted by Crippen LogP contribution is 2.25. The van der Waals surface area contributed by atoms with Gasteiger partial charge >= 0.3 is 0 Å². The third-order valence-corrected chi connectivity index (χ3v) is 3.61. The Hall–Kier alpha value is -0.400. The average Bonchev–Trinajstić information content (AvgIpc) is 2.48. The zero-order valence-electron chi connectivity index (χ0n) is 11.0. The molecule has 0 aromatic heterocycles. The molecule has 21 heavy (non-hydrogen) atoms. The Morgan fingerprint density at radius 3 is 2.14 bits per heavy atom. The topological polar surface area (TPSA) is 169 Å². The maximum Gasteiger partial charge on any atom is 0.187 e. The molecule has 3 unspecified atom stereocenters. The molecule has 0 aliphatic carbocycles. The highest BCUT2D eigenvalue weighted by Gasteiger charge is 2.47. The molecule has 0 saturated carbocycles. The van der Waals surface area contributed by atoms with E-state index >= 15 is 0 Å². The van der Waals surface area contributed by atoms with Crippen LogP contribution >= 0.6 is 0 Å². The third-order valence-electron chi connectivity index (χ3n) is 3.61. The van der Waals surface area contributed by atoms with E-state index in [0.29, 0.717) is 0 Å². The van der Waals surface area contributed by atoms with Crippen molar-refractivity contribution >= 4 is 0 Å². The molecule has 0 aromatic carbocycles. The van der Waals surface area contributed by atoms with Crippen LogP contribution in [0.5, 0.6) is 0 Å². The SMILES string of the molecule is OCC1O[C@H](O[C@@H]2CO[C@@H](O)C(O)[C@H]2O)C(O)[C@@H](O)[C@@H]1O. The summed E-state index contributed by atoms with van der Waals surface area (Å²) in [5, 5.41) is 66.5. The summed E-state index contributed by atoms with van der Waals surface area (Å²) in [7, 11) is 0. The molecular formula is C11H20O10. The fraction of sp³-hybridized carbons (Fsp3) is 1.00. The molecule has 2 saturated heterocycles. The van der Waals surface area contributed by atoms with E-state index in [1.54, 1.807) is 0 Å². The minimum absolute atomic E-state index is 0.283. The molecule has 2 aliphatic heterocycles. The number of hydrogen-bond acceptors (Lipinski definition) is 10. The first-order chi connectivity index (χ1) is 9.86. The van der Waals surface area contributed by atoms with Crippen LogP contribution < -0.4 is 0 Å². The number of aliphatic hydroxyl groups excluding tert-OH is 7. The van der Waals surface area contributed by atoms with Crippen LogP contribution in [0.2, 0.25) is 0 Å². The van der Waals surface area contributed by atoms with Gasteiger partial charge in [0.05, 0.1) is 13.2 Å². The molecule has 0 radical (unpaired) electrons. The van der Waals surface area contributed by atoms with Crippen molar-refractivity contribution in [3.63, 3.8) is 0 Å². The van der Waals surface area contributed by atoms with Gasteiger partial charge in [0, 0.05) is 0 Å². The van der Waals surface area contributed by atoms with E-state index in [-0.39, 0.29) is 6.61 Å². The molecule has 7 N–H and O–H groups in total. The predicted molar refractivity (Wildman–Crippen MR) is 62.6 cm³/mol. The Labute approximate surface area is 119 Å². The van der Waals surface area contributed by atoms with Crippen LogP contribution in [-0.4, -0.2) is 104 Å². The van der Waals surface area contributed by atoms with E-state index in [1.165, 1.54) is 0 Å². The standard InChI is InChI=1S/C11H20O10/c12-1-3-5(13)7(15)9(17)11(20-3)21-4-2-19-10(18)8(16)6(4)14/h3-18H,1-2H2/t3?,4-,5-,6+,7+,8?,9?,10-,11-/m1/s1. The maximum absolute atomic E-state index is 9.78. The summed E-state index contributed by atoms with van der Waals surface area (Å²) in [5.74, 6) is 0. The summed E-state index contributed by atoms with van der Waals surface area (Å²) >= 11 is 0. The first-order valence-corrected chi connectivity index (χ1v) is 6.48. The second kappa shape index (κ2) is 6.79. The monoisotopic (exact) mass is 312 g/mol. The van der Waals surface area contributed by atoms with Crippen molar-refractivity contribution in [1.82, 2.24) is 0 Å². The maximum atomic E-state index is 9.78. The van der Waals surface area contributed by atoms with Crippen LogP contribution in [-0.2, 0) is 14.2 Å². The van der Waals surface area contributed by atoms with Gasteiger partial charge in [0.1, 0.15) is 42.7 Å². The van der Waals surface area contributed by atoms with Crippen LogP contribution in [0.1, 0.15) is 0 Å². The Morgan fingerprint density at radius 2 is 1.52 bits per heavy atom. The fourth-order valence-corrected chi connectivity index (χ4v) is 2.25. The van der Waals surface area contributed by atoms with Gasteiger partial charge in [-0.3, -0.25) is 0 Å². The van der Waals surface area contributed by atoms with E-state index in [4.69, 9.17) is 19.3 Å². The van der Waals surface area contributed by atoms with Gasteiger partial charge in [-0.15, -0.1) is 0 Å². The Morgan fingerprint density at radius 1 is 0.857 bits per heavy atom. The highest BCUT2D eigenvalue weighted by atomic mass is 16.7. The second-order valence-corrected chi connectivity index (χ2v) is 5.08. The van der Waals surface area contributed by atoms with Crippen molar-refractivity contribution in [2.45, 2.75) is 55.3 Å². The quantitative estimate of drug-likeness (QED) is 0.268. The molecule has 10 heteroatoms. The summed E-state index contributed by atoms with van der Waals surface area (Å²) in [5.41, 5.74) is 0. The van der Waals surface area contributed by atoms with E-state index in [9.17, 15) is 30.6 Å². The summed E-state index contributed by atoms with van der Waals surface area (Å²) in [6.07, 6.45) is -13.2. The molecule has 0 bridgehead atoms. The van der Waals surface area contributed by atoms with E-state index in [1.807, 2.05) is 0 Å². The molecular weight excluding hydrogens is 292 g/mol. The number of ether oxygens (including phenoxy) is 3. The van der Waals surface area contributed by atoms with Gasteiger partial charge in [-0.1, -0.05) is 0 Å². The number of hydrogen-bond donors (Lipinski definition) is 7. The minimum Gasteiger partial charge on any atom is -0.394 e. The highest BCUT2D eigenvalue weighted by molar-refractivity contribution is 4.91. The normalized spacial score (nSPS) is 51.9. The summed E-state index contributed by atoms with van der Waals surface area (Å²) in [6, 6.07) is 0. The molecule has 2 fully saturated rings.